The van der Waals surface area contributed by atoms with Gasteiger partial charge in [-0.15, -0.1) is 0 Å². The molecular weight excluding hydrogens is 240 g/mol. The van der Waals surface area contributed by atoms with Crippen LogP contribution in [0.2, 0.25) is 0 Å². The zero-order valence-electron chi connectivity index (χ0n) is 10.5. The third-order valence-corrected chi connectivity index (χ3v) is 3.36. The lowest BCUT2D eigenvalue weighted by atomic mass is 9.95. The van der Waals surface area contributed by atoms with Crippen molar-refractivity contribution in [2.75, 3.05) is 0 Å². The Hall–Kier alpha value is -2.42. The van der Waals surface area contributed by atoms with Gasteiger partial charge in [0.05, 0.1) is 11.1 Å². The first-order valence-electron chi connectivity index (χ1n) is 6.19. The topological polar surface area (TPSA) is 43.4 Å². The highest BCUT2D eigenvalue weighted by Gasteiger charge is 2.31. The fourth-order valence-corrected chi connectivity index (χ4v) is 2.16. The first kappa shape index (κ1) is 11.7. The number of cyclic esters (lactones) is 2. The van der Waals surface area contributed by atoms with E-state index in [1.165, 1.54) is 11.1 Å². The predicted octanol–water partition coefficient (Wildman–Crippen LogP) is 3.23. The van der Waals surface area contributed by atoms with Crippen molar-refractivity contribution in [2.45, 2.75) is 13.3 Å². The highest BCUT2D eigenvalue weighted by molar-refractivity contribution is 6.15. The van der Waals surface area contributed by atoms with E-state index in [0.29, 0.717) is 11.1 Å². The molecule has 94 valence electrons. The Balaban J connectivity index is 0.000000151. The summed E-state index contributed by atoms with van der Waals surface area (Å²) < 4.78 is 4.50. The molecule has 3 aliphatic rings. The van der Waals surface area contributed by atoms with Crippen LogP contribution in [0.15, 0.2) is 42.5 Å². The molecule has 0 saturated carbocycles. The summed E-state index contributed by atoms with van der Waals surface area (Å²) in [4.78, 5) is 22.3. The lowest BCUT2D eigenvalue weighted by Crippen LogP contribution is -1.99. The number of fused-ring (bicyclic) bond motifs is 2. The van der Waals surface area contributed by atoms with Crippen molar-refractivity contribution < 1.29 is 14.3 Å². The SMILES string of the molecule is CCc1cccc2c1C(=O)OC2=O.c1cc2ccc1-2. The van der Waals surface area contributed by atoms with Crippen LogP contribution in [0.25, 0.3) is 11.1 Å². The van der Waals surface area contributed by atoms with Gasteiger partial charge in [-0.05, 0) is 29.2 Å². The number of carbonyl (C=O) groups excluding carboxylic acids is 2. The lowest BCUT2D eigenvalue weighted by molar-refractivity contribution is 0.0443. The van der Waals surface area contributed by atoms with Gasteiger partial charge in [0.25, 0.3) is 0 Å². The highest BCUT2D eigenvalue weighted by Crippen LogP contribution is 2.29. The number of aryl methyl sites for hydroxylation is 1. The molecule has 1 aromatic rings. The van der Waals surface area contributed by atoms with Gasteiger partial charge >= 0.3 is 11.9 Å². The van der Waals surface area contributed by atoms with E-state index in [9.17, 15) is 9.59 Å². The molecule has 0 bridgehead atoms. The summed E-state index contributed by atoms with van der Waals surface area (Å²) in [5.41, 5.74) is 4.55. The van der Waals surface area contributed by atoms with Crippen LogP contribution < -0.4 is 0 Å². The molecule has 1 aliphatic heterocycles. The number of hydrogen-bond donors (Lipinski definition) is 0. The zero-order chi connectivity index (χ0) is 13.4. The minimum atomic E-state index is -0.532. The molecular formula is C16H12O3. The van der Waals surface area contributed by atoms with Crippen molar-refractivity contribution in [2.24, 2.45) is 0 Å². The Kier molecular flexibility index (Phi) is 2.67. The summed E-state index contributed by atoms with van der Waals surface area (Å²) in [6.45, 7) is 1.94. The van der Waals surface area contributed by atoms with Gasteiger partial charge in [0.2, 0.25) is 0 Å². The molecule has 4 rings (SSSR count). The first-order chi connectivity index (χ1) is 9.20. The smallest absolute Gasteiger partial charge is 0.347 e. The molecule has 3 nitrogen and oxygen atoms in total. The van der Waals surface area contributed by atoms with E-state index in [1.807, 2.05) is 13.0 Å². The van der Waals surface area contributed by atoms with Crippen molar-refractivity contribution in [1.82, 2.24) is 0 Å². The number of carbonyl (C=O) groups is 2. The van der Waals surface area contributed by atoms with Crippen LogP contribution in [0.1, 0.15) is 33.2 Å². The second kappa shape index (κ2) is 4.35. The van der Waals surface area contributed by atoms with E-state index in [2.05, 4.69) is 29.0 Å². The normalized spacial score (nSPS) is 13.3. The number of benzene rings is 2. The number of hydrogen-bond acceptors (Lipinski definition) is 3. The van der Waals surface area contributed by atoms with Gasteiger partial charge in [0, 0.05) is 0 Å². The zero-order valence-corrected chi connectivity index (χ0v) is 10.5. The van der Waals surface area contributed by atoms with Gasteiger partial charge in [-0.3, -0.25) is 0 Å². The summed E-state index contributed by atoms with van der Waals surface area (Å²) in [5.74, 6) is -1.05. The molecule has 0 N–H and O–H groups in total. The summed E-state index contributed by atoms with van der Waals surface area (Å²) >= 11 is 0. The van der Waals surface area contributed by atoms with Gasteiger partial charge in [0.15, 0.2) is 0 Å². The van der Waals surface area contributed by atoms with Gasteiger partial charge < -0.3 is 4.74 Å². The first-order valence-corrected chi connectivity index (χ1v) is 6.19. The third kappa shape index (κ3) is 1.83. The minimum absolute atomic E-state index is 0.393. The molecule has 0 atom stereocenters. The molecule has 1 aromatic carbocycles. The number of rotatable bonds is 1. The van der Waals surface area contributed by atoms with Crippen molar-refractivity contribution in [3.05, 3.63) is 59.2 Å². The van der Waals surface area contributed by atoms with Crippen molar-refractivity contribution in [1.29, 1.82) is 0 Å². The minimum Gasteiger partial charge on any atom is -0.386 e. The maximum Gasteiger partial charge on any atom is 0.347 e. The molecule has 1 heterocycles. The summed E-state index contributed by atoms with van der Waals surface area (Å²) in [7, 11) is 0. The average Bonchev–Trinajstić information content (AvgIpc) is 2.70. The fraction of sp³-hybridized carbons (Fsp3) is 0.125. The number of esters is 2. The Morgan fingerprint density at radius 3 is 2.00 bits per heavy atom. The van der Waals surface area contributed by atoms with E-state index in [-0.39, 0.29) is 0 Å². The Bertz CT molecular complexity index is 648. The molecule has 19 heavy (non-hydrogen) atoms. The Morgan fingerprint density at radius 1 is 0.895 bits per heavy atom. The maximum absolute atomic E-state index is 11.2. The van der Waals surface area contributed by atoms with Gasteiger partial charge in [-0.25, -0.2) is 9.59 Å². The second-order valence-corrected chi connectivity index (χ2v) is 4.45. The van der Waals surface area contributed by atoms with Crippen LogP contribution >= 0.6 is 0 Å². The Labute approximate surface area is 110 Å². The van der Waals surface area contributed by atoms with Crippen molar-refractivity contribution in [3.8, 4) is 11.1 Å². The average molecular weight is 252 g/mol. The van der Waals surface area contributed by atoms with Crippen LogP contribution in [-0.4, -0.2) is 11.9 Å². The highest BCUT2D eigenvalue weighted by atomic mass is 16.6. The van der Waals surface area contributed by atoms with E-state index in [0.717, 1.165) is 12.0 Å². The van der Waals surface area contributed by atoms with Gasteiger partial charge in [0.1, 0.15) is 0 Å². The number of ether oxygens (including phenoxy) is 1. The van der Waals surface area contributed by atoms with E-state index >= 15 is 0 Å². The predicted molar refractivity (Wildman–Crippen MR) is 71.0 cm³/mol. The lowest BCUT2D eigenvalue weighted by Gasteiger charge is -2.10. The molecule has 0 saturated heterocycles. The largest absolute Gasteiger partial charge is 0.386 e. The van der Waals surface area contributed by atoms with E-state index < -0.39 is 11.9 Å². The fourth-order valence-electron chi connectivity index (χ4n) is 2.16. The third-order valence-electron chi connectivity index (χ3n) is 3.36. The van der Waals surface area contributed by atoms with E-state index in [1.54, 1.807) is 12.1 Å². The summed E-state index contributed by atoms with van der Waals surface area (Å²) in [6, 6.07) is 13.7. The van der Waals surface area contributed by atoms with Crippen LogP contribution in [0.5, 0.6) is 0 Å². The van der Waals surface area contributed by atoms with Crippen LogP contribution in [0.3, 0.4) is 0 Å². The molecule has 0 amide bonds. The molecule has 0 aromatic heterocycles. The monoisotopic (exact) mass is 252 g/mol. The molecule has 0 spiro atoms. The van der Waals surface area contributed by atoms with E-state index in [4.69, 9.17) is 0 Å². The Morgan fingerprint density at radius 2 is 1.53 bits per heavy atom. The van der Waals surface area contributed by atoms with Gasteiger partial charge in [-0.1, -0.05) is 43.3 Å². The van der Waals surface area contributed by atoms with Crippen molar-refractivity contribution in [3.63, 3.8) is 0 Å². The van der Waals surface area contributed by atoms with Crippen LogP contribution in [0.4, 0.5) is 0 Å². The van der Waals surface area contributed by atoms with Gasteiger partial charge in [-0.2, -0.15) is 0 Å². The molecule has 0 radical (unpaired) electrons. The van der Waals surface area contributed by atoms with Crippen LogP contribution in [-0.2, 0) is 11.2 Å². The molecule has 0 unspecified atom stereocenters. The molecule has 2 aliphatic carbocycles. The maximum atomic E-state index is 11.2. The van der Waals surface area contributed by atoms with Crippen LogP contribution in [0, 0.1) is 0 Å². The molecule has 0 fully saturated rings. The summed E-state index contributed by atoms with van der Waals surface area (Å²) in [6.07, 6.45) is 0.728. The quantitative estimate of drug-likeness (QED) is 0.493. The second-order valence-electron chi connectivity index (χ2n) is 4.45. The summed E-state index contributed by atoms with van der Waals surface area (Å²) in [5, 5.41) is 0. The molecule has 3 heteroatoms. The standard InChI is InChI=1S/C10H8O3.C6H4/c1-2-6-4-3-5-7-8(6)10(12)13-9(7)11;1-2-6-4-3-5(1)6/h3-5H,2H2,1H3;1-4H. The van der Waals surface area contributed by atoms with Crippen molar-refractivity contribution >= 4 is 11.9 Å².